The Labute approximate surface area is 241 Å². The van der Waals surface area contributed by atoms with Gasteiger partial charge in [0, 0.05) is 49.3 Å². The van der Waals surface area contributed by atoms with Gasteiger partial charge < -0.3 is 15.1 Å². The van der Waals surface area contributed by atoms with Gasteiger partial charge >= 0.3 is 0 Å². The van der Waals surface area contributed by atoms with Crippen LogP contribution in [0.4, 0.5) is 17.5 Å². The molecule has 10 nitrogen and oxygen atoms in total. The van der Waals surface area contributed by atoms with Crippen LogP contribution in [0.3, 0.4) is 0 Å². The lowest BCUT2D eigenvalue weighted by Gasteiger charge is -2.46. The molecule has 1 N–H and O–H groups in total. The van der Waals surface area contributed by atoms with E-state index in [-0.39, 0.29) is 22.9 Å². The van der Waals surface area contributed by atoms with Crippen molar-refractivity contribution in [3.63, 3.8) is 0 Å². The molecular weight excluding hydrogens is 516 g/mol. The average Bonchev–Trinajstić information content (AvgIpc) is 3.48. The van der Waals surface area contributed by atoms with E-state index in [1.807, 2.05) is 19.2 Å². The number of ketones is 1. The first-order valence-electron chi connectivity index (χ1n) is 15.1. The van der Waals surface area contributed by atoms with E-state index in [4.69, 9.17) is 4.98 Å². The number of rotatable bonds is 6. The number of Topliss-reactive ketones (excluding diaryl/α,β-unsaturated/α-hetero) is 1. The van der Waals surface area contributed by atoms with Crippen molar-refractivity contribution < 1.29 is 4.79 Å². The number of hydrogen-bond donors (Lipinski definition) is 1. The molecule has 10 heteroatoms. The van der Waals surface area contributed by atoms with E-state index < -0.39 is 0 Å². The summed E-state index contributed by atoms with van der Waals surface area (Å²) in [5, 5.41) is 3.98. The first-order chi connectivity index (χ1) is 19.8. The number of likely N-dealkylation sites (tertiary alicyclic amines) is 1. The second kappa shape index (κ2) is 11.5. The van der Waals surface area contributed by atoms with Crippen molar-refractivity contribution >= 4 is 34.3 Å². The van der Waals surface area contributed by atoms with E-state index in [9.17, 15) is 9.59 Å². The summed E-state index contributed by atoms with van der Waals surface area (Å²) in [6, 6.07) is 5.24. The number of anilines is 3. The highest BCUT2D eigenvalue weighted by atomic mass is 16.1. The van der Waals surface area contributed by atoms with Crippen LogP contribution in [0.25, 0.3) is 11.0 Å². The molecule has 1 atom stereocenters. The Balaban J connectivity index is 1.20. The number of hydrogen-bond acceptors (Lipinski definition) is 9. The Morgan fingerprint density at radius 1 is 0.976 bits per heavy atom. The molecular formula is C31H42N8O2. The van der Waals surface area contributed by atoms with E-state index >= 15 is 0 Å². The van der Waals surface area contributed by atoms with E-state index in [0.29, 0.717) is 35.1 Å². The third-order valence-electron chi connectivity index (χ3n) is 9.43. The monoisotopic (exact) mass is 558 g/mol. The van der Waals surface area contributed by atoms with E-state index in [1.165, 1.54) is 32.9 Å². The minimum atomic E-state index is -0.244. The molecule has 5 heterocycles. The first kappa shape index (κ1) is 27.8. The van der Waals surface area contributed by atoms with Crippen molar-refractivity contribution in [2.45, 2.75) is 77.4 Å². The van der Waals surface area contributed by atoms with Gasteiger partial charge in [0.25, 0.3) is 5.56 Å². The van der Waals surface area contributed by atoms with Gasteiger partial charge in [0.05, 0.1) is 17.4 Å². The SMILES string of the molecule is CC(=O)c1c(C)c2cnc(Nc3ccc(N4CCN(C5CCN(C)CC5)C[C@H]4C)cn3)nc2n(C2CCCC2)c1=O. The fourth-order valence-corrected chi connectivity index (χ4v) is 7.11. The molecule has 2 aliphatic heterocycles. The number of piperidine rings is 1. The largest absolute Gasteiger partial charge is 0.365 e. The summed E-state index contributed by atoms with van der Waals surface area (Å²) >= 11 is 0. The number of aryl methyl sites for hydroxylation is 1. The van der Waals surface area contributed by atoms with Crippen molar-refractivity contribution in [2.75, 3.05) is 50.0 Å². The lowest BCUT2D eigenvalue weighted by Crippen LogP contribution is -2.56. The molecule has 3 aromatic rings. The first-order valence-corrected chi connectivity index (χ1v) is 15.1. The van der Waals surface area contributed by atoms with E-state index in [0.717, 1.165) is 56.4 Å². The fraction of sp³-hybridized carbons (Fsp3) is 0.581. The van der Waals surface area contributed by atoms with Gasteiger partial charge in [-0.15, -0.1) is 0 Å². The number of aromatic nitrogens is 4. The summed E-state index contributed by atoms with van der Waals surface area (Å²) in [5.74, 6) is 0.821. The van der Waals surface area contributed by atoms with Crippen molar-refractivity contribution in [3.05, 3.63) is 46.0 Å². The van der Waals surface area contributed by atoms with Crippen LogP contribution in [0.1, 0.15) is 74.3 Å². The van der Waals surface area contributed by atoms with E-state index in [2.05, 4.69) is 50.0 Å². The van der Waals surface area contributed by atoms with Crippen LogP contribution in [0.2, 0.25) is 0 Å². The third-order valence-corrected chi connectivity index (χ3v) is 9.43. The highest BCUT2D eigenvalue weighted by Crippen LogP contribution is 2.32. The highest BCUT2D eigenvalue weighted by Gasteiger charge is 2.30. The Bertz CT molecular complexity index is 1470. The maximum absolute atomic E-state index is 13.5. The third kappa shape index (κ3) is 5.47. The van der Waals surface area contributed by atoms with Gasteiger partial charge in [-0.1, -0.05) is 12.8 Å². The molecule has 218 valence electrons. The van der Waals surface area contributed by atoms with Gasteiger partial charge in [-0.3, -0.25) is 19.1 Å². The second-order valence-corrected chi connectivity index (χ2v) is 12.2. The number of piperazine rings is 1. The van der Waals surface area contributed by atoms with Crippen LogP contribution < -0.4 is 15.8 Å². The van der Waals surface area contributed by atoms with Crippen LogP contribution in [-0.4, -0.2) is 87.0 Å². The summed E-state index contributed by atoms with van der Waals surface area (Å²) in [7, 11) is 2.22. The number of carbonyl (C=O) groups is 1. The summed E-state index contributed by atoms with van der Waals surface area (Å²) in [5.41, 5.74) is 2.34. The minimum absolute atomic E-state index is 0.0470. The van der Waals surface area contributed by atoms with Gasteiger partial charge in [0.2, 0.25) is 5.95 Å². The molecule has 0 radical (unpaired) electrons. The molecule has 3 aromatic heterocycles. The second-order valence-electron chi connectivity index (χ2n) is 12.2. The Morgan fingerprint density at radius 2 is 1.73 bits per heavy atom. The lowest BCUT2D eigenvalue weighted by atomic mass is 10.0. The average molecular weight is 559 g/mol. The Morgan fingerprint density at radius 3 is 2.39 bits per heavy atom. The van der Waals surface area contributed by atoms with Gasteiger partial charge in [-0.2, -0.15) is 4.98 Å². The maximum atomic E-state index is 13.5. The van der Waals surface area contributed by atoms with Crippen LogP contribution in [0, 0.1) is 6.92 Å². The smallest absolute Gasteiger partial charge is 0.263 e. The summed E-state index contributed by atoms with van der Waals surface area (Å²) in [6.45, 7) is 11.1. The fourth-order valence-electron chi connectivity index (χ4n) is 7.11. The predicted octanol–water partition coefficient (Wildman–Crippen LogP) is 4.16. The van der Waals surface area contributed by atoms with Crippen LogP contribution in [-0.2, 0) is 0 Å². The summed E-state index contributed by atoms with van der Waals surface area (Å²) in [4.78, 5) is 47.4. The normalized spacial score (nSPS) is 21.6. The predicted molar refractivity (Wildman–Crippen MR) is 162 cm³/mol. The van der Waals surface area contributed by atoms with E-state index in [1.54, 1.807) is 10.8 Å². The molecule has 0 spiro atoms. The molecule has 0 unspecified atom stereocenters. The van der Waals surface area contributed by atoms with Crippen LogP contribution >= 0.6 is 0 Å². The number of pyridine rings is 2. The van der Waals surface area contributed by atoms with Crippen molar-refractivity contribution in [3.8, 4) is 0 Å². The van der Waals surface area contributed by atoms with Crippen LogP contribution in [0.5, 0.6) is 0 Å². The van der Waals surface area contributed by atoms with Crippen molar-refractivity contribution in [2.24, 2.45) is 0 Å². The van der Waals surface area contributed by atoms with Gasteiger partial charge in [0.1, 0.15) is 11.5 Å². The quantitative estimate of drug-likeness (QED) is 0.447. The molecule has 0 amide bonds. The van der Waals surface area contributed by atoms with Gasteiger partial charge in [-0.25, -0.2) is 9.97 Å². The van der Waals surface area contributed by atoms with Crippen molar-refractivity contribution in [1.29, 1.82) is 0 Å². The van der Waals surface area contributed by atoms with Crippen molar-refractivity contribution in [1.82, 2.24) is 29.3 Å². The molecule has 3 fully saturated rings. The van der Waals surface area contributed by atoms with Gasteiger partial charge in [-0.05, 0) is 84.3 Å². The molecule has 1 saturated carbocycles. The highest BCUT2D eigenvalue weighted by molar-refractivity contribution is 5.99. The van der Waals surface area contributed by atoms with Gasteiger partial charge in [0.15, 0.2) is 5.78 Å². The summed E-state index contributed by atoms with van der Waals surface area (Å²) in [6.07, 6.45) is 10.1. The maximum Gasteiger partial charge on any atom is 0.263 e. The molecule has 6 rings (SSSR count). The Hall–Kier alpha value is -3.37. The number of carbonyl (C=O) groups excluding carboxylic acids is 1. The number of nitrogens with zero attached hydrogens (tertiary/aromatic N) is 7. The topological polar surface area (TPSA) is 99.5 Å². The molecule has 3 aliphatic rings. The number of fused-ring (bicyclic) bond motifs is 1. The van der Waals surface area contributed by atoms with Crippen LogP contribution in [0.15, 0.2) is 29.3 Å². The molecule has 41 heavy (non-hydrogen) atoms. The molecule has 2 saturated heterocycles. The zero-order valence-corrected chi connectivity index (χ0v) is 24.8. The lowest BCUT2D eigenvalue weighted by molar-refractivity contribution is 0.101. The molecule has 0 bridgehead atoms. The Kier molecular flexibility index (Phi) is 7.78. The zero-order chi connectivity index (χ0) is 28.7. The standard InChI is InChI=1S/C31H42N8O2/c1-20-19-37(23-11-13-36(4)14-12-23)15-16-38(20)25-9-10-27(32-17-25)34-31-33-18-26-21(2)28(22(3)40)30(41)39(29(26)35-31)24-7-5-6-8-24/h9-10,17-18,20,23-24H,5-8,11-16,19H2,1-4H3,(H,32,33,34,35)/t20-/m1/s1. The molecule has 1 aliphatic carbocycles. The zero-order valence-electron chi connectivity index (χ0n) is 24.8. The summed E-state index contributed by atoms with van der Waals surface area (Å²) < 4.78 is 1.74. The molecule has 0 aromatic carbocycles. The number of nitrogens with one attached hydrogen (secondary N) is 1. The minimum Gasteiger partial charge on any atom is -0.365 e.